The third-order valence-corrected chi connectivity index (χ3v) is 5.31. The van der Waals surface area contributed by atoms with Crippen molar-refractivity contribution in [2.45, 2.75) is 38.3 Å². The topological polar surface area (TPSA) is 38.3 Å². The van der Waals surface area contributed by atoms with Gasteiger partial charge in [0.05, 0.1) is 24.2 Å². The summed E-state index contributed by atoms with van der Waals surface area (Å²) in [5.41, 5.74) is 2.65. The Morgan fingerprint density at radius 3 is 2.18 bits per heavy atom. The van der Waals surface area contributed by atoms with Gasteiger partial charge >= 0.3 is 6.18 Å². The Morgan fingerprint density at radius 1 is 0.970 bits per heavy atom. The van der Waals surface area contributed by atoms with E-state index in [2.05, 4.69) is 11.9 Å². The molecular formula is C27H26F3NO2. The maximum atomic E-state index is 13.2. The van der Waals surface area contributed by atoms with Gasteiger partial charge in [0.15, 0.2) is 0 Å². The van der Waals surface area contributed by atoms with Crippen LogP contribution in [0.4, 0.5) is 13.2 Å². The smallest absolute Gasteiger partial charge is 0.368 e. The third kappa shape index (κ3) is 6.80. The molecule has 33 heavy (non-hydrogen) atoms. The number of ether oxygens (including phenoxy) is 1. The number of hydrogen-bond acceptors (Lipinski definition) is 2. The van der Waals surface area contributed by atoms with Gasteiger partial charge in [-0.2, -0.15) is 13.2 Å². The van der Waals surface area contributed by atoms with Crippen molar-refractivity contribution in [3.8, 4) is 0 Å². The minimum absolute atomic E-state index is 0.0448. The molecule has 0 aliphatic rings. The van der Waals surface area contributed by atoms with E-state index in [-0.39, 0.29) is 12.5 Å². The van der Waals surface area contributed by atoms with Crippen LogP contribution in [0.25, 0.3) is 0 Å². The number of hydrogen-bond donors (Lipinski definition) is 1. The van der Waals surface area contributed by atoms with Gasteiger partial charge in [0, 0.05) is 6.54 Å². The Hall–Kier alpha value is -3.38. The van der Waals surface area contributed by atoms with Crippen LogP contribution in [0, 0.1) is 6.92 Å². The monoisotopic (exact) mass is 453 g/mol. The molecule has 1 amide bonds. The molecule has 6 heteroatoms. The first-order chi connectivity index (χ1) is 15.8. The molecule has 3 aromatic rings. The quantitative estimate of drug-likeness (QED) is 0.393. The summed E-state index contributed by atoms with van der Waals surface area (Å²) in [6, 6.07) is 21.9. The van der Waals surface area contributed by atoms with Crippen molar-refractivity contribution >= 4 is 5.91 Å². The molecule has 0 saturated carbocycles. The van der Waals surface area contributed by atoms with E-state index < -0.39 is 23.8 Å². The van der Waals surface area contributed by atoms with Crippen LogP contribution in [0.5, 0.6) is 0 Å². The minimum atomic E-state index is -4.39. The predicted octanol–water partition coefficient (Wildman–Crippen LogP) is 6.19. The van der Waals surface area contributed by atoms with Gasteiger partial charge in [-0.3, -0.25) is 4.79 Å². The molecule has 0 fully saturated rings. The standard InChI is InChI=1S/C27H26F3NO2/c1-3-24(33-18-21-11-15-23(16-12-21)27(28,29)30)25(22-13-9-19(2)10-14-22)26(32)31-17-20-7-5-4-6-8-20/h3-16,24-25H,1,17-18H2,2H3,(H,31,32)/t24-,25+/m0/s1. The lowest BCUT2D eigenvalue weighted by Crippen LogP contribution is -2.36. The van der Waals surface area contributed by atoms with Crippen LogP contribution in [0.3, 0.4) is 0 Å². The van der Waals surface area contributed by atoms with E-state index in [0.717, 1.165) is 28.8 Å². The first kappa shape index (κ1) is 24.3. The zero-order valence-corrected chi connectivity index (χ0v) is 18.3. The van der Waals surface area contributed by atoms with Crippen LogP contribution < -0.4 is 5.32 Å². The van der Waals surface area contributed by atoms with E-state index in [9.17, 15) is 18.0 Å². The van der Waals surface area contributed by atoms with E-state index >= 15 is 0 Å². The molecule has 0 aromatic heterocycles. The molecule has 3 aromatic carbocycles. The van der Waals surface area contributed by atoms with E-state index in [1.165, 1.54) is 12.1 Å². The summed E-state index contributed by atoms with van der Waals surface area (Å²) in [6.45, 7) is 6.20. The normalized spacial score (nSPS) is 13.2. The number of halogens is 3. The van der Waals surface area contributed by atoms with E-state index in [4.69, 9.17) is 4.74 Å². The zero-order chi connectivity index (χ0) is 23.8. The van der Waals surface area contributed by atoms with Gasteiger partial charge in [-0.15, -0.1) is 6.58 Å². The lowest BCUT2D eigenvalue weighted by molar-refractivity contribution is -0.137. The highest BCUT2D eigenvalue weighted by molar-refractivity contribution is 5.84. The maximum absolute atomic E-state index is 13.2. The van der Waals surface area contributed by atoms with Crippen LogP contribution in [0.1, 0.15) is 33.7 Å². The lowest BCUT2D eigenvalue weighted by Gasteiger charge is -2.25. The molecular weight excluding hydrogens is 427 g/mol. The summed E-state index contributed by atoms with van der Waals surface area (Å²) in [6.07, 6.45) is -3.52. The maximum Gasteiger partial charge on any atom is 0.416 e. The Morgan fingerprint density at radius 2 is 1.61 bits per heavy atom. The largest absolute Gasteiger partial charge is 0.416 e. The SMILES string of the molecule is C=C[C@H](OCc1ccc(C(F)(F)F)cc1)[C@H](C(=O)NCc1ccccc1)c1ccc(C)cc1. The molecule has 3 nitrogen and oxygen atoms in total. The van der Waals surface area contributed by atoms with Crippen molar-refractivity contribution in [2.75, 3.05) is 0 Å². The van der Waals surface area contributed by atoms with Gasteiger partial charge in [-0.1, -0.05) is 78.4 Å². The first-order valence-electron chi connectivity index (χ1n) is 10.6. The summed E-state index contributed by atoms with van der Waals surface area (Å²) in [5, 5.41) is 2.96. The van der Waals surface area contributed by atoms with Crippen LogP contribution in [0.15, 0.2) is 91.5 Å². The summed E-state index contributed by atoms with van der Waals surface area (Å²) >= 11 is 0. The average molecular weight is 454 g/mol. The fourth-order valence-corrected chi connectivity index (χ4v) is 3.44. The Balaban J connectivity index is 1.76. The Labute approximate surface area is 191 Å². The van der Waals surface area contributed by atoms with Crippen LogP contribution in [-0.2, 0) is 28.9 Å². The number of carbonyl (C=O) groups excluding carboxylic acids is 1. The van der Waals surface area contributed by atoms with Gasteiger partial charge in [0.1, 0.15) is 0 Å². The molecule has 0 heterocycles. The molecule has 0 unspecified atom stereocenters. The predicted molar refractivity (Wildman–Crippen MR) is 122 cm³/mol. The summed E-state index contributed by atoms with van der Waals surface area (Å²) < 4.78 is 44.4. The highest BCUT2D eigenvalue weighted by Crippen LogP contribution is 2.30. The number of amides is 1. The van der Waals surface area contributed by atoms with Crippen molar-refractivity contribution in [1.29, 1.82) is 0 Å². The molecule has 0 bridgehead atoms. The second-order valence-corrected chi connectivity index (χ2v) is 7.80. The summed E-state index contributed by atoms with van der Waals surface area (Å²) in [5.74, 6) is -0.888. The number of carbonyl (C=O) groups is 1. The van der Waals surface area contributed by atoms with Crippen molar-refractivity contribution in [3.05, 3.63) is 119 Å². The van der Waals surface area contributed by atoms with Gasteiger partial charge in [-0.05, 0) is 35.7 Å². The van der Waals surface area contributed by atoms with Crippen LogP contribution >= 0.6 is 0 Å². The zero-order valence-electron chi connectivity index (χ0n) is 18.3. The Bertz CT molecular complexity index is 1050. The molecule has 0 saturated heterocycles. The van der Waals surface area contributed by atoms with E-state index in [1.54, 1.807) is 6.08 Å². The number of rotatable bonds is 9. The van der Waals surface area contributed by atoms with Gasteiger partial charge < -0.3 is 10.1 Å². The Kier molecular flexibility index (Phi) is 8.06. The second-order valence-electron chi connectivity index (χ2n) is 7.80. The summed E-state index contributed by atoms with van der Waals surface area (Å²) in [7, 11) is 0. The molecule has 0 spiro atoms. The highest BCUT2D eigenvalue weighted by atomic mass is 19.4. The van der Waals surface area contributed by atoms with E-state index in [1.807, 2.05) is 61.5 Å². The molecule has 0 radical (unpaired) electrons. The van der Waals surface area contributed by atoms with Crippen molar-refractivity contribution in [1.82, 2.24) is 5.32 Å². The van der Waals surface area contributed by atoms with Gasteiger partial charge in [-0.25, -0.2) is 0 Å². The first-order valence-corrected chi connectivity index (χ1v) is 10.6. The molecule has 0 aliphatic carbocycles. The number of aryl methyl sites for hydroxylation is 1. The summed E-state index contributed by atoms with van der Waals surface area (Å²) in [4.78, 5) is 13.2. The van der Waals surface area contributed by atoms with Crippen LogP contribution in [0.2, 0.25) is 0 Å². The minimum Gasteiger partial charge on any atom is -0.368 e. The van der Waals surface area contributed by atoms with E-state index in [0.29, 0.717) is 12.1 Å². The van der Waals surface area contributed by atoms with Crippen molar-refractivity contribution in [2.24, 2.45) is 0 Å². The van der Waals surface area contributed by atoms with Crippen molar-refractivity contribution in [3.63, 3.8) is 0 Å². The second kappa shape index (κ2) is 11.0. The average Bonchev–Trinajstić information content (AvgIpc) is 2.81. The number of benzene rings is 3. The van der Waals surface area contributed by atoms with Gasteiger partial charge in [0.25, 0.3) is 0 Å². The molecule has 2 atom stereocenters. The molecule has 172 valence electrons. The third-order valence-electron chi connectivity index (χ3n) is 5.31. The van der Waals surface area contributed by atoms with Crippen LogP contribution in [-0.4, -0.2) is 12.0 Å². The van der Waals surface area contributed by atoms with Gasteiger partial charge in [0.2, 0.25) is 5.91 Å². The molecule has 0 aliphatic heterocycles. The molecule has 1 N–H and O–H groups in total. The fourth-order valence-electron chi connectivity index (χ4n) is 3.44. The van der Waals surface area contributed by atoms with Crippen molar-refractivity contribution < 1.29 is 22.7 Å². The number of alkyl halides is 3. The highest BCUT2D eigenvalue weighted by Gasteiger charge is 2.31. The fraction of sp³-hybridized carbons (Fsp3) is 0.222. The lowest BCUT2D eigenvalue weighted by atomic mass is 9.91. The number of nitrogens with one attached hydrogen (secondary N) is 1. The molecule has 3 rings (SSSR count).